The molecule has 0 saturated heterocycles. The van der Waals surface area contributed by atoms with Crippen LogP contribution >= 0.6 is 0 Å². The van der Waals surface area contributed by atoms with Crippen LogP contribution in [-0.2, 0) is 6.61 Å². The first-order valence-electron chi connectivity index (χ1n) is 5.23. The molecule has 0 atom stereocenters. The van der Waals surface area contributed by atoms with Gasteiger partial charge in [0.1, 0.15) is 5.75 Å². The third-order valence-electron chi connectivity index (χ3n) is 2.60. The Morgan fingerprint density at radius 1 is 1.06 bits per heavy atom. The monoisotopic (exact) mass is 228 g/mol. The Balaban J connectivity index is 2.48. The van der Waals surface area contributed by atoms with Crippen molar-refractivity contribution in [3.05, 3.63) is 53.6 Å². The van der Waals surface area contributed by atoms with E-state index in [1.807, 2.05) is 24.3 Å². The highest BCUT2D eigenvalue weighted by atomic mass is 16.3. The lowest BCUT2D eigenvalue weighted by molar-refractivity contribution is 0.112. The summed E-state index contributed by atoms with van der Waals surface area (Å²) in [5.41, 5.74) is 2.81. The third-order valence-corrected chi connectivity index (χ3v) is 2.60. The Hall–Kier alpha value is -2.13. The molecule has 0 bridgehead atoms. The summed E-state index contributed by atoms with van der Waals surface area (Å²) in [6, 6.07) is 12.3. The van der Waals surface area contributed by atoms with Crippen LogP contribution in [0.2, 0.25) is 0 Å². The number of phenols is 1. The molecule has 3 nitrogen and oxygen atoms in total. The lowest BCUT2D eigenvalue weighted by Gasteiger charge is -2.05. The average molecular weight is 228 g/mol. The number of rotatable bonds is 3. The van der Waals surface area contributed by atoms with Crippen molar-refractivity contribution in [1.82, 2.24) is 0 Å². The van der Waals surface area contributed by atoms with Crippen LogP contribution in [0.25, 0.3) is 11.1 Å². The number of aromatic hydroxyl groups is 1. The van der Waals surface area contributed by atoms with Crippen LogP contribution < -0.4 is 0 Å². The van der Waals surface area contributed by atoms with Crippen molar-refractivity contribution >= 4 is 6.29 Å². The first-order chi connectivity index (χ1) is 8.24. The number of benzene rings is 2. The molecule has 0 radical (unpaired) electrons. The smallest absolute Gasteiger partial charge is 0.153 e. The van der Waals surface area contributed by atoms with Crippen LogP contribution in [0.4, 0.5) is 0 Å². The quantitative estimate of drug-likeness (QED) is 0.793. The fourth-order valence-corrected chi connectivity index (χ4v) is 1.68. The van der Waals surface area contributed by atoms with Gasteiger partial charge in [-0.2, -0.15) is 0 Å². The first-order valence-corrected chi connectivity index (χ1v) is 5.23. The van der Waals surface area contributed by atoms with Crippen molar-refractivity contribution in [3.63, 3.8) is 0 Å². The van der Waals surface area contributed by atoms with Gasteiger partial charge in [-0.25, -0.2) is 0 Å². The summed E-state index contributed by atoms with van der Waals surface area (Å²) in [6.07, 6.45) is 0.620. The molecule has 17 heavy (non-hydrogen) atoms. The Labute approximate surface area is 99.0 Å². The van der Waals surface area contributed by atoms with Gasteiger partial charge in [0.25, 0.3) is 0 Å². The Morgan fingerprint density at radius 3 is 2.53 bits per heavy atom. The largest absolute Gasteiger partial charge is 0.507 e. The van der Waals surface area contributed by atoms with Crippen LogP contribution in [0.15, 0.2) is 42.5 Å². The van der Waals surface area contributed by atoms with Crippen LogP contribution in [0.5, 0.6) is 5.75 Å². The SMILES string of the molecule is O=Cc1cc(-c2cccc(CO)c2)ccc1O. The third kappa shape index (κ3) is 2.34. The standard InChI is InChI=1S/C14H12O3/c15-8-10-2-1-3-11(6-10)12-4-5-14(17)13(7-12)9-16/h1-7,9,15,17H,8H2. The molecule has 0 aliphatic heterocycles. The maximum atomic E-state index is 10.7. The predicted molar refractivity (Wildman–Crippen MR) is 64.9 cm³/mol. The number of carbonyl (C=O) groups is 1. The minimum atomic E-state index is -0.0259. The summed E-state index contributed by atoms with van der Waals surface area (Å²) in [5.74, 6) is -0.0259. The second-order valence-electron chi connectivity index (χ2n) is 3.75. The van der Waals surface area contributed by atoms with E-state index >= 15 is 0 Å². The molecule has 0 aromatic heterocycles. The molecule has 0 amide bonds. The number of phenolic OH excluding ortho intramolecular Hbond substituents is 1. The topological polar surface area (TPSA) is 57.5 Å². The number of carbonyl (C=O) groups excluding carboxylic acids is 1. The van der Waals surface area contributed by atoms with E-state index in [1.165, 1.54) is 6.07 Å². The molecular weight excluding hydrogens is 216 g/mol. The highest BCUT2D eigenvalue weighted by molar-refractivity contribution is 5.82. The molecule has 2 rings (SSSR count). The molecular formula is C14H12O3. The van der Waals surface area contributed by atoms with Gasteiger partial charge in [-0.15, -0.1) is 0 Å². The van der Waals surface area contributed by atoms with Gasteiger partial charge < -0.3 is 10.2 Å². The second-order valence-corrected chi connectivity index (χ2v) is 3.75. The minimum absolute atomic E-state index is 0.0214. The lowest BCUT2D eigenvalue weighted by Crippen LogP contribution is -1.87. The van der Waals surface area contributed by atoms with Crippen molar-refractivity contribution < 1.29 is 15.0 Å². The van der Waals surface area contributed by atoms with E-state index in [1.54, 1.807) is 12.1 Å². The zero-order valence-corrected chi connectivity index (χ0v) is 9.13. The van der Waals surface area contributed by atoms with E-state index in [-0.39, 0.29) is 17.9 Å². The molecule has 0 aliphatic rings. The minimum Gasteiger partial charge on any atom is -0.507 e. The molecule has 86 valence electrons. The zero-order chi connectivity index (χ0) is 12.3. The van der Waals surface area contributed by atoms with Gasteiger partial charge in [0, 0.05) is 0 Å². The van der Waals surface area contributed by atoms with Gasteiger partial charge >= 0.3 is 0 Å². The fraction of sp³-hybridized carbons (Fsp3) is 0.0714. The average Bonchev–Trinajstić information content (AvgIpc) is 2.39. The van der Waals surface area contributed by atoms with E-state index in [4.69, 9.17) is 5.11 Å². The summed E-state index contributed by atoms with van der Waals surface area (Å²) in [4.78, 5) is 10.7. The molecule has 0 unspecified atom stereocenters. The van der Waals surface area contributed by atoms with E-state index < -0.39 is 0 Å². The van der Waals surface area contributed by atoms with Gasteiger partial charge in [-0.1, -0.05) is 24.3 Å². The van der Waals surface area contributed by atoms with E-state index in [9.17, 15) is 9.90 Å². The van der Waals surface area contributed by atoms with E-state index in [0.717, 1.165) is 16.7 Å². The van der Waals surface area contributed by atoms with Crippen molar-refractivity contribution in [2.24, 2.45) is 0 Å². The van der Waals surface area contributed by atoms with Crippen molar-refractivity contribution in [2.45, 2.75) is 6.61 Å². The number of hydrogen-bond donors (Lipinski definition) is 2. The summed E-state index contributed by atoms with van der Waals surface area (Å²) in [6.45, 7) is -0.0214. The van der Waals surface area contributed by atoms with Gasteiger partial charge in [0.2, 0.25) is 0 Å². The van der Waals surface area contributed by atoms with Crippen LogP contribution in [-0.4, -0.2) is 16.5 Å². The lowest BCUT2D eigenvalue weighted by atomic mass is 10.0. The molecule has 3 heteroatoms. The Bertz CT molecular complexity index is 547. The van der Waals surface area contributed by atoms with Crippen molar-refractivity contribution in [2.75, 3.05) is 0 Å². The summed E-state index contributed by atoms with van der Waals surface area (Å²) >= 11 is 0. The zero-order valence-electron chi connectivity index (χ0n) is 9.13. The van der Waals surface area contributed by atoms with Gasteiger partial charge in [0.15, 0.2) is 6.29 Å². The molecule has 0 aliphatic carbocycles. The maximum Gasteiger partial charge on any atom is 0.153 e. The van der Waals surface area contributed by atoms with Crippen molar-refractivity contribution in [3.8, 4) is 16.9 Å². The van der Waals surface area contributed by atoms with E-state index in [0.29, 0.717) is 6.29 Å². The molecule has 2 aromatic rings. The van der Waals surface area contributed by atoms with Crippen LogP contribution in [0.3, 0.4) is 0 Å². The molecule has 2 N–H and O–H groups in total. The van der Waals surface area contributed by atoms with Crippen LogP contribution in [0, 0.1) is 0 Å². The van der Waals surface area contributed by atoms with Crippen LogP contribution in [0.1, 0.15) is 15.9 Å². The Kier molecular flexibility index (Phi) is 3.21. The summed E-state index contributed by atoms with van der Waals surface area (Å²) in [5, 5.41) is 18.5. The Morgan fingerprint density at radius 2 is 1.82 bits per heavy atom. The number of aliphatic hydroxyl groups is 1. The first kappa shape index (κ1) is 11.4. The predicted octanol–water partition coefficient (Wildman–Crippen LogP) is 2.36. The highest BCUT2D eigenvalue weighted by Gasteiger charge is 2.04. The van der Waals surface area contributed by atoms with Gasteiger partial charge in [0.05, 0.1) is 12.2 Å². The normalized spacial score (nSPS) is 10.2. The highest BCUT2D eigenvalue weighted by Crippen LogP contribution is 2.25. The number of aliphatic hydroxyl groups excluding tert-OH is 1. The van der Waals surface area contributed by atoms with Gasteiger partial charge in [-0.3, -0.25) is 4.79 Å². The second kappa shape index (κ2) is 4.80. The number of hydrogen-bond acceptors (Lipinski definition) is 3. The molecule has 0 fully saturated rings. The van der Waals surface area contributed by atoms with Gasteiger partial charge in [-0.05, 0) is 34.9 Å². The molecule has 0 saturated carbocycles. The van der Waals surface area contributed by atoms with Crippen molar-refractivity contribution in [1.29, 1.82) is 0 Å². The fourth-order valence-electron chi connectivity index (χ4n) is 1.68. The number of aldehydes is 1. The van der Waals surface area contributed by atoms with E-state index in [2.05, 4.69) is 0 Å². The maximum absolute atomic E-state index is 10.7. The molecule has 2 aromatic carbocycles. The summed E-state index contributed by atoms with van der Waals surface area (Å²) in [7, 11) is 0. The molecule has 0 spiro atoms. The molecule has 0 heterocycles. The summed E-state index contributed by atoms with van der Waals surface area (Å²) < 4.78 is 0.